The predicted octanol–water partition coefficient (Wildman–Crippen LogP) is 3.52. The van der Waals surface area contributed by atoms with Crippen molar-refractivity contribution in [2.45, 2.75) is 50.2 Å². The summed E-state index contributed by atoms with van der Waals surface area (Å²) >= 11 is 0. The Bertz CT molecular complexity index is 1350. The lowest BCUT2D eigenvalue weighted by Crippen LogP contribution is -2.55. The Morgan fingerprint density at radius 2 is 1.82 bits per heavy atom. The molecule has 2 aliphatic rings. The molecule has 3 atom stereocenters. The Balaban J connectivity index is 1.43. The number of aryl methyl sites for hydroxylation is 1. The summed E-state index contributed by atoms with van der Waals surface area (Å²) in [7, 11) is 1.90. The quantitative estimate of drug-likeness (QED) is 0.525. The van der Waals surface area contributed by atoms with Gasteiger partial charge in [-0.1, -0.05) is 0 Å². The van der Waals surface area contributed by atoms with Crippen LogP contribution < -0.4 is 10.6 Å². The number of anilines is 1. The Hall–Kier alpha value is -3.70. The van der Waals surface area contributed by atoms with Gasteiger partial charge in [-0.15, -0.1) is 0 Å². The molecule has 0 aromatic carbocycles. The smallest absolute Gasteiger partial charge is 0.129 e. The van der Waals surface area contributed by atoms with Gasteiger partial charge in [0.25, 0.3) is 0 Å². The van der Waals surface area contributed by atoms with E-state index in [-0.39, 0.29) is 0 Å². The summed E-state index contributed by atoms with van der Waals surface area (Å²) in [4.78, 5) is 7.39. The first kappa shape index (κ1) is 19.9. The minimum atomic E-state index is 0.297. The van der Waals surface area contributed by atoms with Crippen LogP contribution in [0.3, 0.4) is 0 Å². The van der Waals surface area contributed by atoms with Gasteiger partial charge in [0, 0.05) is 66.0 Å². The normalized spacial score (nSPS) is 22.5. The van der Waals surface area contributed by atoms with E-state index in [1.54, 1.807) is 15.4 Å². The third kappa shape index (κ3) is 3.36. The van der Waals surface area contributed by atoms with E-state index in [4.69, 9.17) is 10.7 Å². The van der Waals surface area contributed by atoms with Crippen molar-refractivity contribution in [2.24, 2.45) is 12.8 Å². The van der Waals surface area contributed by atoms with E-state index in [0.717, 1.165) is 46.4 Å². The fraction of sp³-hybridized carbons (Fsp3) is 0.360. The number of rotatable bonds is 3. The molecule has 8 nitrogen and oxygen atoms in total. The van der Waals surface area contributed by atoms with Crippen LogP contribution in [0.1, 0.15) is 37.7 Å². The van der Waals surface area contributed by atoms with E-state index in [9.17, 15) is 5.26 Å². The van der Waals surface area contributed by atoms with Crippen molar-refractivity contribution in [2.75, 3.05) is 4.90 Å². The highest BCUT2D eigenvalue weighted by atomic mass is 15.3. The molecule has 8 heteroatoms. The first-order valence-electron chi connectivity index (χ1n) is 11.5. The number of aromatic nitrogens is 5. The fourth-order valence-electron chi connectivity index (χ4n) is 5.65. The molecule has 6 heterocycles. The summed E-state index contributed by atoms with van der Waals surface area (Å²) in [5.41, 5.74) is 11.5. The van der Waals surface area contributed by atoms with Gasteiger partial charge in [-0.25, -0.2) is 9.50 Å². The fourth-order valence-corrected chi connectivity index (χ4v) is 5.65. The largest absolute Gasteiger partial charge is 0.351 e. The van der Waals surface area contributed by atoms with Crippen LogP contribution in [-0.2, 0) is 7.05 Å². The van der Waals surface area contributed by atoms with Gasteiger partial charge in [-0.2, -0.15) is 15.5 Å². The van der Waals surface area contributed by atoms with Crippen molar-refractivity contribution in [3.63, 3.8) is 0 Å². The Morgan fingerprint density at radius 1 is 1.00 bits per heavy atom. The number of hydrogen-bond donors (Lipinski definition) is 1. The molecule has 2 N–H and O–H groups in total. The van der Waals surface area contributed by atoms with E-state index >= 15 is 0 Å². The Labute approximate surface area is 192 Å². The van der Waals surface area contributed by atoms with Gasteiger partial charge in [-0.3, -0.25) is 4.68 Å². The van der Waals surface area contributed by atoms with Crippen LogP contribution in [0, 0.1) is 11.3 Å². The molecular formula is C25H26N8. The second kappa shape index (κ2) is 7.71. The average Bonchev–Trinajstić information content (AvgIpc) is 3.44. The SMILES string of the molecule is Cn1cc(-c2cc(-c3ccc(N4[C@@H]5CCC[C@H]4C[C@@H](N)C5)nc3)c3c(C#N)cnn3c2)cn1. The van der Waals surface area contributed by atoms with Gasteiger partial charge in [0.05, 0.1) is 23.5 Å². The molecule has 6 rings (SSSR count). The summed E-state index contributed by atoms with van der Waals surface area (Å²) in [6.45, 7) is 0. The molecule has 2 aliphatic heterocycles. The maximum Gasteiger partial charge on any atom is 0.129 e. The summed E-state index contributed by atoms with van der Waals surface area (Å²) in [6, 6.07) is 9.86. The number of nitrogens with two attached hydrogens (primary N) is 1. The van der Waals surface area contributed by atoms with Gasteiger partial charge in [0.2, 0.25) is 0 Å². The maximum atomic E-state index is 9.66. The van der Waals surface area contributed by atoms with Crippen LogP contribution in [0.15, 0.2) is 49.2 Å². The van der Waals surface area contributed by atoms with Gasteiger partial charge in [0.15, 0.2) is 0 Å². The topological polar surface area (TPSA) is 101 Å². The number of fused-ring (bicyclic) bond motifs is 3. The molecule has 0 amide bonds. The first-order valence-corrected chi connectivity index (χ1v) is 11.5. The summed E-state index contributed by atoms with van der Waals surface area (Å²) in [5, 5.41) is 18.4. The van der Waals surface area contributed by atoms with E-state index < -0.39 is 0 Å². The predicted molar refractivity (Wildman–Crippen MR) is 126 cm³/mol. The summed E-state index contributed by atoms with van der Waals surface area (Å²) in [5.74, 6) is 1.02. The van der Waals surface area contributed by atoms with Crippen LogP contribution in [0.5, 0.6) is 0 Å². The second-order valence-corrected chi connectivity index (χ2v) is 9.29. The Kier molecular flexibility index (Phi) is 4.66. The van der Waals surface area contributed by atoms with Gasteiger partial charge in [0.1, 0.15) is 11.9 Å². The molecule has 0 aliphatic carbocycles. The minimum Gasteiger partial charge on any atom is -0.351 e. The molecule has 2 fully saturated rings. The number of nitrogens with zero attached hydrogens (tertiary/aromatic N) is 7. The summed E-state index contributed by atoms with van der Waals surface area (Å²) in [6.07, 6.45) is 15.0. The molecule has 4 aromatic rings. The molecular weight excluding hydrogens is 412 g/mol. The monoisotopic (exact) mass is 438 g/mol. The molecule has 0 unspecified atom stereocenters. The second-order valence-electron chi connectivity index (χ2n) is 9.29. The zero-order valence-corrected chi connectivity index (χ0v) is 18.6. The molecule has 0 saturated carbocycles. The van der Waals surface area contributed by atoms with E-state index in [1.807, 2.05) is 31.8 Å². The van der Waals surface area contributed by atoms with Crippen molar-refractivity contribution in [3.05, 3.63) is 54.7 Å². The molecule has 4 aromatic heterocycles. The van der Waals surface area contributed by atoms with E-state index in [0.29, 0.717) is 23.7 Å². The standard InChI is InChI=1S/C25H26N8/c1-31-14-19(13-29-31)17-7-23(25-18(10-26)12-30-32(25)15-17)16-5-6-24(28-11-16)33-21-3-2-4-22(33)9-20(27)8-21/h5-7,11-15,20-22H,2-4,8-9,27H2,1H3/t20-,21+,22-. The van der Waals surface area contributed by atoms with Crippen LogP contribution in [0.4, 0.5) is 5.82 Å². The van der Waals surface area contributed by atoms with E-state index in [2.05, 4.69) is 39.4 Å². The Morgan fingerprint density at radius 3 is 2.48 bits per heavy atom. The first-order chi connectivity index (χ1) is 16.1. The third-order valence-electron chi connectivity index (χ3n) is 7.10. The van der Waals surface area contributed by atoms with Crippen molar-refractivity contribution in [1.82, 2.24) is 24.4 Å². The highest BCUT2D eigenvalue weighted by molar-refractivity contribution is 5.87. The maximum absolute atomic E-state index is 9.66. The lowest BCUT2D eigenvalue weighted by atomic mass is 9.82. The van der Waals surface area contributed by atoms with Gasteiger partial charge >= 0.3 is 0 Å². The van der Waals surface area contributed by atoms with Gasteiger partial charge in [-0.05, 0) is 50.3 Å². The molecule has 33 heavy (non-hydrogen) atoms. The molecule has 0 spiro atoms. The molecule has 2 saturated heterocycles. The van der Waals surface area contributed by atoms with Gasteiger partial charge < -0.3 is 10.6 Å². The molecule has 2 bridgehead atoms. The van der Waals surface area contributed by atoms with Crippen molar-refractivity contribution < 1.29 is 0 Å². The zero-order valence-electron chi connectivity index (χ0n) is 18.6. The third-order valence-corrected chi connectivity index (χ3v) is 7.10. The van der Waals surface area contributed by atoms with Crippen LogP contribution in [-0.4, -0.2) is 42.5 Å². The molecule has 0 radical (unpaired) electrons. The number of nitriles is 1. The number of piperidine rings is 2. The van der Waals surface area contributed by atoms with Crippen LogP contribution in [0.2, 0.25) is 0 Å². The van der Waals surface area contributed by atoms with Crippen molar-refractivity contribution in [1.29, 1.82) is 5.26 Å². The molecule has 166 valence electrons. The van der Waals surface area contributed by atoms with Crippen LogP contribution >= 0.6 is 0 Å². The minimum absolute atomic E-state index is 0.297. The zero-order chi connectivity index (χ0) is 22.5. The highest BCUT2D eigenvalue weighted by Crippen LogP contribution is 2.38. The highest BCUT2D eigenvalue weighted by Gasteiger charge is 2.37. The number of pyridine rings is 2. The van der Waals surface area contributed by atoms with E-state index in [1.165, 1.54) is 19.3 Å². The average molecular weight is 439 g/mol. The van der Waals surface area contributed by atoms with Crippen LogP contribution in [0.25, 0.3) is 27.8 Å². The number of hydrogen-bond acceptors (Lipinski definition) is 6. The lowest BCUT2D eigenvalue weighted by Gasteiger charge is -2.49. The summed E-state index contributed by atoms with van der Waals surface area (Å²) < 4.78 is 3.56. The van der Waals surface area contributed by atoms with Crippen molar-refractivity contribution >= 4 is 11.3 Å². The lowest BCUT2D eigenvalue weighted by molar-refractivity contribution is 0.269. The van der Waals surface area contributed by atoms with Crippen molar-refractivity contribution in [3.8, 4) is 28.3 Å².